The van der Waals surface area contributed by atoms with Crippen LogP contribution in [-0.2, 0) is 28.7 Å². The maximum absolute atomic E-state index is 5.97. The minimum Gasteiger partial charge on any atom is -0.495 e. The topological polar surface area (TPSA) is 123 Å². The highest BCUT2D eigenvalue weighted by Gasteiger charge is 2.22. The molecule has 0 saturated heterocycles. The third kappa shape index (κ3) is 5.46. The number of aromatic nitrogens is 6. The van der Waals surface area contributed by atoms with Gasteiger partial charge in [0, 0.05) is 38.1 Å². The maximum Gasteiger partial charge on any atom is 0.240 e. The van der Waals surface area contributed by atoms with E-state index in [4.69, 9.17) is 19.9 Å². The highest BCUT2D eigenvalue weighted by Crippen LogP contribution is 2.21. The molecule has 3 aromatic heterocycles. The Morgan fingerprint density at radius 1 is 1.00 bits per heavy atom. The lowest BCUT2D eigenvalue weighted by molar-refractivity contribution is 0.0133. The normalized spacial score (nSPS) is 17.6. The van der Waals surface area contributed by atoms with Gasteiger partial charge in [-0.25, -0.2) is 9.97 Å². The Balaban J connectivity index is 1.55. The van der Waals surface area contributed by atoms with Crippen LogP contribution in [0.5, 0.6) is 5.75 Å². The van der Waals surface area contributed by atoms with Crippen LogP contribution in [0.4, 0.5) is 5.95 Å². The number of methoxy groups -OCH3 is 3. The molecule has 3 aromatic rings. The second kappa shape index (κ2) is 10.5. The molecule has 0 aromatic carbocycles. The van der Waals surface area contributed by atoms with E-state index in [1.807, 2.05) is 43.4 Å². The summed E-state index contributed by atoms with van der Waals surface area (Å²) in [6, 6.07) is 5.77. The number of pyridine rings is 1. The van der Waals surface area contributed by atoms with Gasteiger partial charge in [0.15, 0.2) is 5.82 Å². The SMILES string of the molecule is COc1ccc(CCc2cc(-n3nc(N)nc3CC3=CC(OC)C(OC)C=C3)nc(C)n2)nc1. The first-order valence-corrected chi connectivity index (χ1v) is 11.0. The van der Waals surface area contributed by atoms with Gasteiger partial charge in [-0.15, -0.1) is 5.10 Å². The Bertz CT molecular complexity index is 1190. The van der Waals surface area contributed by atoms with Crippen LogP contribution in [0.25, 0.3) is 5.82 Å². The minimum atomic E-state index is -0.168. The summed E-state index contributed by atoms with van der Waals surface area (Å²) in [5.41, 5.74) is 8.85. The molecule has 0 fully saturated rings. The second-order valence-corrected chi connectivity index (χ2v) is 7.93. The van der Waals surface area contributed by atoms with E-state index in [2.05, 4.69) is 25.0 Å². The minimum absolute atomic E-state index is 0.121. The first kappa shape index (κ1) is 23.5. The third-order valence-electron chi connectivity index (χ3n) is 5.56. The zero-order valence-electron chi connectivity index (χ0n) is 19.8. The Kier molecular flexibility index (Phi) is 7.29. The van der Waals surface area contributed by atoms with Crippen molar-refractivity contribution < 1.29 is 14.2 Å². The molecule has 178 valence electrons. The van der Waals surface area contributed by atoms with Crippen molar-refractivity contribution >= 4 is 5.95 Å². The standard InChI is InChI=1S/C24H29N7O3/c1-15-27-18(7-6-17-8-9-19(32-2)14-26-17)13-23(28-15)31-22(29-24(25)30-31)12-16-5-10-20(33-3)21(11-16)34-4/h5,8-11,13-14,20-21H,6-7,12H2,1-4H3,(H2,25,30). The molecule has 2 unspecified atom stereocenters. The van der Waals surface area contributed by atoms with Crippen molar-refractivity contribution in [3.05, 3.63) is 71.2 Å². The number of nitrogens with two attached hydrogens (primary N) is 1. The summed E-state index contributed by atoms with van der Waals surface area (Å²) < 4.78 is 17.8. The fraction of sp³-hybridized carbons (Fsp3) is 0.375. The third-order valence-corrected chi connectivity index (χ3v) is 5.56. The van der Waals surface area contributed by atoms with Crippen LogP contribution in [0.2, 0.25) is 0 Å². The van der Waals surface area contributed by atoms with Crippen molar-refractivity contribution in [3.8, 4) is 11.6 Å². The number of allylic oxidation sites excluding steroid dienone is 2. The molecule has 0 bridgehead atoms. The van der Waals surface area contributed by atoms with Gasteiger partial charge in [0.2, 0.25) is 5.95 Å². The van der Waals surface area contributed by atoms with E-state index in [0.717, 1.165) is 29.1 Å². The van der Waals surface area contributed by atoms with Crippen molar-refractivity contribution in [3.63, 3.8) is 0 Å². The van der Waals surface area contributed by atoms with Crippen molar-refractivity contribution in [1.82, 2.24) is 29.7 Å². The summed E-state index contributed by atoms with van der Waals surface area (Å²) in [5.74, 6) is 2.88. The van der Waals surface area contributed by atoms with E-state index in [1.54, 1.807) is 32.2 Å². The van der Waals surface area contributed by atoms with Gasteiger partial charge in [-0.1, -0.05) is 12.2 Å². The predicted octanol–water partition coefficient (Wildman–Crippen LogP) is 2.21. The number of anilines is 1. The summed E-state index contributed by atoms with van der Waals surface area (Å²) in [6.07, 6.45) is 9.41. The number of rotatable bonds is 9. The number of hydrogen-bond donors (Lipinski definition) is 1. The fourth-order valence-electron chi connectivity index (χ4n) is 3.85. The lowest BCUT2D eigenvalue weighted by atomic mass is 9.99. The number of nitrogen functional groups attached to an aromatic ring is 1. The Morgan fingerprint density at radius 2 is 1.79 bits per heavy atom. The van der Waals surface area contributed by atoms with Crippen LogP contribution in [-0.4, -0.2) is 63.3 Å². The molecule has 0 saturated carbocycles. The highest BCUT2D eigenvalue weighted by molar-refractivity contribution is 5.35. The number of hydrogen-bond acceptors (Lipinski definition) is 9. The molecule has 2 atom stereocenters. The van der Waals surface area contributed by atoms with Crippen LogP contribution in [0.1, 0.15) is 23.0 Å². The molecule has 0 spiro atoms. The molecule has 1 aliphatic rings. The Morgan fingerprint density at radius 3 is 2.50 bits per heavy atom. The van der Waals surface area contributed by atoms with Crippen LogP contribution in [0.3, 0.4) is 0 Å². The quantitative estimate of drug-likeness (QED) is 0.509. The summed E-state index contributed by atoms with van der Waals surface area (Å²) in [4.78, 5) is 18.0. The molecule has 10 heteroatoms. The van der Waals surface area contributed by atoms with Gasteiger partial charge >= 0.3 is 0 Å². The van der Waals surface area contributed by atoms with Gasteiger partial charge in [0.05, 0.1) is 13.3 Å². The molecule has 34 heavy (non-hydrogen) atoms. The average Bonchev–Trinajstić information content (AvgIpc) is 3.22. The van der Waals surface area contributed by atoms with E-state index < -0.39 is 0 Å². The molecule has 2 N–H and O–H groups in total. The van der Waals surface area contributed by atoms with Crippen molar-refractivity contribution in [2.24, 2.45) is 0 Å². The zero-order valence-corrected chi connectivity index (χ0v) is 19.8. The Labute approximate surface area is 198 Å². The maximum atomic E-state index is 5.97. The molecule has 10 nitrogen and oxygen atoms in total. The molecule has 0 amide bonds. The molecule has 1 aliphatic carbocycles. The summed E-state index contributed by atoms with van der Waals surface area (Å²) in [6.45, 7) is 1.86. The van der Waals surface area contributed by atoms with Gasteiger partial charge < -0.3 is 19.9 Å². The molecular formula is C24H29N7O3. The van der Waals surface area contributed by atoms with Crippen LogP contribution in [0.15, 0.2) is 48.2 Å². The van der Waals surface area contributed by atoms with E-state index in [1.165, 1.54) is 0 Å². The van der Waals surface area contributed by atoms with Crippen LogP contribution in [0, 0.1) is 6.92 Å². The zero-order chi connectivity index (χ0) is 24.1. The lowest BCUT2D eigenvalue weighted by Crippen LogP contribution is -2.28. The molecular weight excluding hydrogens is 434 g/mol. The number of nitrogens with zero attached hydrogens (tertiary/aromatic N) is 6. The smallest absolute Gasteiger partial charge is 0.240 e. The second-order valence-electron chi connectivity index (χ2n) is 7.93. The summed E-state index contributed by atoms with van der Waals surface area (Å²) >= 11 is 0. The first-order chi connectivity index (χ1) is 16.5. The molecule has 0 radical (unpaired) electrons. The lowest BCUT2D eigenvalue weighted by Gasteiger charge is -2.23. The van der Waals surface area contributed by atoms with Gasteiger partial charge in [0.25, 0.3) is 0 Å². The highest BCUT2D eigenvalue weighted by atomic mass is 16.5. The van der Waals surface area contributed by atoms with Crippen LogP contribution < -0.4 is 10.5 Å². The van der Waals surface area contributed by atoms with Crippen molar-refractivity contribution in [2.75, 3.05) is 27.1 Å². The fourth-order valence-corrected chi connectivity index (χ4v) is 3.85. The van der Waals surface area contributed by atoms with E-state index >= 15 is 0 Å². The molecule has 3 heterocycles. The van der Waals surface area contributed by atoms with Crippen LogP contribution >= 0.6 is 0 Å². The largest absolute Gasteiger partial charge is 0.495 e. The summed E-state index contributed by atoms with van der Waals surface area (Å²) in [5, 5.41) is 4.40. The van der Waals surface area contributed by atoms with E-state index in [-0.39, 0.29) is 18.2 Å². The summed E-state index contributed by atoms with van der Waals surface area (Å²) in [7, 11) is 4.95. The monoisotopic (exact) mass is 463 g/mol. The van der Waals surface area contributed by atoms with Gasteiger partial charge in [-0.2, -0.15) is 9.67 Å². The van der Waals surface area contributed by atoms with Gasteiger partial charge in [0.1, 0.15) is 29.6 Å². The van der Waals surface area contributed by atoms with Crippen molar-refractivity contribution in [1.29, 1.82) is 0 Å². The van der Waals surface area contributed by atoms with Gasteiger partial charge in [-0.05, 0) is 43.5 Å². The predicted molar refractivity (Wildman–Crippen MR) is 127 cm³/mol. The average molecular weight is 464 g/mol. The molecule has 4 rings (SSSR count). The number of aryl methyl sites for hydroxylation is 3. The van der Waals surface area contributed by atoms with Crippen molar-refractivity contribution in [2.45, 2.75) is 38.4 Å². The van der Waals surface area contributed by atoms with E-state index in [9.17, 15) is 0 Å². The van der Waals surface area contributed by atoms with E-state index in [0.29, 0.717) is 30.3 Å². The first-order valence-electron chi connectivity index (χ1n) is 11.0. The Hall–Kier alpha value is -3.63. The number of ether oxygens (including phenoxy) is 3. The van der Waals surface area contributed by atoms with Gasteiger partial charge in [-0.3, -0.25) is 4.98 Å². The molecule has 0 aliphatic heterocycles.